The van der Waals surface area contributed by atoms with E-state index in [0.29, 0.717) is 22.8 Å². The average Bonchev–Trinajstić information content (AvgIpc) is 3.02. The molecule has 0 radical (unpaired) electrons. The second kappa shape index (κ2) is 16.2. The van der Waals surface area contributed by atoms with Crippen molar-refractivity contribution in [3.05, 3.63) is 95.1 Å². The van der Waals surface area contributed by atoms with Crippen molar-refractivity contribution >= 4 is 40.7 Å². The lowest BCUT2D eigenvalue weighted by Gasteiger charge is -2.37. The van der Waals surface area contributed by atoms with Gasteiger partial charge in [-0.3, -0.25) is 4.79 Å². The number of aliphatic carboxylic acids is 1. The van der Waals surface area contributed by atoms with Crippen LogP contribution < -0.4 is 23.6 Å². The summed E-state index contributed by atoms with van der Waals surface area (Å²) >= 11 is 0. The van der Waals surface area contributed by atoms with Crippen molar-refractivity contribution in [2.24, 2.45) is 0 Å². The van der Waals surface area contributed by atoms with Gasteiger partial charge in [-0.05, 0) is 89.9 Å². The predicted octanol–water partition coefficient (Wildman–Crippen LogP) is 9.53. The number of amides is 1. The van der Waals surface area contributed by atoms with Gasteiger partial charge in [0.1, 0.15) is 11.5 Å². The average molecular weight is 718 g/mol. The number of hydrogen-bond acceptors (Lipinski definition) is 6. The Labute approximate surface area is 300 Å². The summed E-state index contributed by atoms with van der Waals surface area (Å²) in [6.07, 6.45) is 5.98. The fraction of sp³-hybridized carbons (Fsp3) is 0.400. The minimum Gasteiger partial charge on any atom is -0.543 e. The standard InChI is InChI=1S/C40H55NO7Si2/c1-39(2,3)49(9,10)47-33-16-14-13-15-28(33)19-23-37(42)41-27-32(30-18-22-35(45-7)36(26-30)46-8)29-17-21-34(31(25-29)20-24-38(43)44)48-50(11,12)40(4,5)6/h13-26,32H,27H2,1-12H3,(H,41,42)(H,43,44)/b23-19+,24-20+. The molecule has 1 atom stereocenters. The number of rotatable bonds is 14. The molecular formula is C40H55NO7Si2. The third-order valence-electron chi connectivity index (χ3n) is 9.81. The highest BCUT2D eigenvalue weighted by Gasteiger charge is 2.40. The lowest BCUT2D eigenvalue weighted by Crippen LogP contribution is -2.44. The zero-order valence-electron chi connectivity index (χ0n) is 31.8. The van der Waals surface area contributed by atoms with Crippen molar-refractivity contribution in [3.8, 4) is 23.0 Å². The quantitative estimate of drug-likeness (QED) is 0.126. The molecule has 2 N–H and O–H groups in total. The van der Waals surface area contributed by atoms with Gasteiger partial charge in [0, 0.05) is 35.7 Å². The molecule has 0 heterocycles. The van der Waals surface area contributed by atoms with Crippen LogP contribution in [0.1, 0.15) is 69.7 Å². The summed E-state index contributed by atoms with van der Waals surface area (Å²) < 4.78 is 24.3. The van der Waals surface area contributed by atoms with Crippen molar-refractivity contribution in [2.45, 2.75) is 83.7 Å². The summed E-state index contributed by atoms with van der Waals surface area (Å²) in [5.41, 5.74) is 3.22. The SMILES string of the molecule is COc1ccc(C(CNC(=O)/C=C/c2ccccc2O[Si](C)(C)C(C)(C)C)c2ccc(O[Si](C)(C)C(C)(C)C)c(/C=C/C(=O)O)c2)cc1OC. The van der Waals surface area contributed by atoms with Crippen molar-refractivity contribution in [1.82, 2.24) is 5.32 Å². The number of methoxy groups -OCH3 is 2. The summed E-state index contributed by atoms with van der Waals surface area (Å²) in [6.45, 7) is 22.0. The van der Waals surface area contributed by atoms with E-state index >= 15 is 0 Å². The Morgan fingerprint density at radius 2 is 1.20 bits per heavy atom. The maximum Gasteiger partial charge on any atom is 0.328 e. The van der Waals surface area contributed by atoms with Crippen LogP contribution in [-0.4, -0.2) is 54.4 Å². The van der Waals surface area contributed by atoms with Gasteiger partial charge in [-0.2, -0.15) is 0 Å². The van der Waals surface area contributed by atoms with Crippen molar-refractivity contribution < 1.29 is 33.0 Å². The van der Waals surface area contributed by atoms with Gasteiger partial charge in [-0.15, -0.1) is 0 Å². The largest absolute Gasteiger partial charge is 0.543 e. The number of carbonyl (C=O) groups is 2. The molecule has 50 heavy (non-hydrogen) atoms. The van der Waals surface area contributed by atoms with Crippen molar-refractivity contribution in [2.75, 3.05) is 20.8 Å². The number of hydrogen-bond donors (Lipinski definition) is 2. The number of carboxylic acid groups (broad SMARTS) is 1. The molecular weight excluding hydrogens is 663 g/mol. The highest BCUT2D eigenvalue weighted by atomic mass is 28.4. The van der Waals surface area contributed by atoms with E-state index in [1.54, 1.807) is 26.4 Å². The highest BCUT2D eigenvalue weighted by molar-refractivity contribution is 6.75. The Kier molecular flexibility index (Phi) is 13.0. The van der Waals surface area contributed by atoms with E-state index in [9.17, 15) is 14.7 Å². The van der Waals surface area contributed by atoms with Crippen LogP contribution in [0, 0.1) is 0 Å². The zero-order chi connectivity index (χ0) is 37.5. The van der Waals surface area contributed by atoms with Gasteiger partial charge < -0.3 is 28.7 Å². The first kappa shape index (κ1) is 40.1. The summed E-state index contributed by atoms with van der Waals surface area (Å²) in [5, 5.41) is 12.5. The minimum absolute atomic E-state index is 0.0265. The molecule has 3 aromatic rings. The summed E-state index contributed by atoms with van der Waals surface area (Å²) in [6, 6.07) is 19.2. The molecule has 0 bridgehead atoms. The molecule has 3 rings (SSSR count). The Morgan fingerprint density at radius 1 is 0.700 bits per heavy atom. The molecule has 0 aliphatic carbocycles. The monoisotopic (exact) mass is 717 g/mol. The van der Waals surface area contributed by atoms with E-state index in [4.69, 9.17) is 18.3 Å². The fourth-order valence-electron chi connectivity index (χ4n) is 4.66. The molecule has 0 saturated carbocycles. The van der Waals surface area contributed by atoms with E-state index in [1.807, 2.05) is 60.7 Å². The first-order valence-corrected chi connectivity index (χ1v) is 22.7. The van der Waals surface area contributed by atoms with Crippen molar-refractivity contribution in [1.29, 1.82) is 0 Å². The summed E-state index contributed by atoms with van der Waals surface area (Å²) in [7, 11) is -1.17. The predicted molar refractivity (Wildman–Crippen MR) is 209 cm³/mol. The van der Waals surface area contributed by atoms with Crippen molar-refractivity contribution in [3.63, 3.8) is 0 Å². The molecule has 0 fully saturated rings. The number of para-hydroxylation sites is 1. The molecule has 0 saturated heterocycles. The van der Waals surface area contributed by atoms with Crippen LogP contribution in [0.25, 0.3) is 12.2 Å². The Bertz CT molecular complexity index is 1720. The van der Waals surface area contributed by atoms with E-state index < -0.39 is 22.6 Å². The van der Waals surface area contributed by atoms with E-state index in [-0.39, 0.29) is 28.4 Å². The smallest absolute Gasteiger partial charge is 0.328 e. The van der Waals surface area contributed by atoms with Gasteiger partial charge in [0.25, 0.3) is 16.6 Å². The van der Waals surface area contributed by atoms with Gasteiger partial charge in [-0.1, -0.05) is 71.9 Å². The summed E-state index contributed by atoms with van der Waals surface area (Å²) in [4.78, 5) is 24.9. The maximum absolute atomic E-state index is 13.3. The summed E-state index contributed by atoms with van der Waals surface area (Å²) in [5.74, 6) is 0.886. The van der Waals surface area contributed by atoms with Gasteiger partial charge in [0.2, 0.25) is 5.91 Å². The molecule has 1 unspecified atom stereocenters. The Hall–Kier alpha value is -4.29. The van der Waals surface area contributed by atoms with Crippen LogP contribution in [0.3, 0.4) is 0 Å². The molecule has 1 amide bonds. The third kappa shape index (κ3) is 10.4. The maximum atomic E-state index is 13.3. The van der Waals surface area contributed by atoms with Gasteiger partial charge >= 0.3 is 5.97 Å². The first-order valence-electron chi connectivity index (χ1n) is 16.9. The van der Waals surface area contributed by atoms with Crippen LogP contribution in [0.4, 0.5) is 0 Å². The number of benzene rings is 3. The lowest BCUT2D eigenvalue weighted by atomic mass is 9.89. The first-order chi connectivity index (χ1) is 23.2. The second-order valence-corrected chi connectivity index (χ2v) is 24.9. The Balaban J connectivity index is 2.01. The van der Waals surface area contributed by atoms with E-state index in [1.165, 1.54) is 6.08 Å². The molecule has 10 heteroatoms. The van der Waals surface area contributed by atoms with Gasteiger partial charge in [-0.25, -0.2) is 4.79 Å². The van der Waals surface area contributed by atoms with E-state index in [0.717, 1.165) is 28.5 Å². The molecule has 0 spiro atoms. The minimum atomic E-state index is -2.24. The number of carbonyl (C=O) groups excluding carboxylic acids is 1. The van der Waals surface area contributed by atoms with Gasteiger partial charge in [0.05, 0.1) is 14.2 Å². The van der Waals surface area contributed by atoms with Crippen LogP contribution in [0.15, 0.2) is 72.8 Å². The highest BCUT2D eigenvalue weighted by Crippen LogP contribution is 2.41. The van der Waals surface area contributed by atoms with Crippen LogP contribution >= 0.6 is 0 Å². The molecule has 0 aliphatic rings. The topological polar surface area (TPSA) is 103 Å². The molecule has 0 aliphatic heterocycles. The number of carboxylic acids is 1. The molecule has 0 aromatic heterocycles. The normalized spacial score (nSPS) is 13.3. The van der Waals surface area contributed by atoms with Crippen LogP contribution in [0.5, 0.6) is 23.0 Å². The van der Waals surface area contributed by atoms with Gasteiger partial charge in [0.15, 0.2) is 11.5 Å². The van der Waals surface area contributed by atoms with Crippen LogP contribution in [0.2, 0.25) is 36.3 Å². The fourth-order valence-corrected chi connectivity index (χ4v) is 6.74. The molecule has 3 aromatic carbocycles. The molecule has 8 nitrogen and oxygen atoms in total. The van der Waals surface area contributed by atoms with Crippen LogP contribution in [-0.2, 0) is 9.59 Å². The van der Waals surface area contributed by atoms with E-state index in [2.05, 4.69) is 73.0 Å². The second-order valence-electron chi connectivity index (χ2n) is 15.5. The Morgan fingerprint density at radius 3 is 1.74 bits per heavy atom. The number of nitrogens with one attached hydrogen (secondary N) is 1. The lowest BCUT2D eigenvalue weighted by molar-refractivity contribution is -0.131. The third-order valence-corrected chi connectivity index (χ3v) is 18.5. The number of ether oxygens (including phenoxy) is 2. The zero-order valence-corrected chi connectivity index (χ0v) is 33.8. The molecule has 270 valence electrons.